The minimum absolute atomic E-state index is 0.182. The number of rotatable bonds is 2. The third kappa shape index (κ3) is 2.25. The molecule has 1 heterocycles. The second-order valence-electron chi connectivity index (χ2n) is 3.80. The number of benzene rings is 1. The van der Waals surface area contributed by atoms with Gasteiger partial charge in [-0.25, -0.2) is 0 Å². The van der Waals surface area contributed by atoms with Crippen LogP contribution in [-0.2, 0) is 0 Å². The van der Waals surface area contributed by atoms with Gasteiger partial charge in [-0.3, -0.25) is 0 Å². The van der Waals surface area contributed by atoms with E-state index in [-0.39, 0.29) is 5.95 Å². The fourth-order valence-corrected chi connectivity index (χ4v) is 1.40. The highest BCUT2D eigenvalue weighted by Gasteiger charge is 2.10. The molecule has 1 aromatic carbocycles. The summed E-state index contributed by atoms with van der Waals surface area (Å²) in [6, 6.07) is 7.38. The normalized spacial score (nSPS) is 10.2. The SMILES string of the molecule is CN(C)c1nc(N)nc(-c2ccccc2N)n1. The van der Waals surface area contributed by atoms with Crippen LogP contribution in [0.15, 0.2) is 24.3 Å². The predicted molar refractivity (Wildman–Crippen MR) is 68.4 cm³/mol. The van der Waals surface area contributed by atoms with Gasteiger partial charge in [0.1, 0.15) is 0 Å². The Morgan fingerprint density at radius 2 is 1.71 bits per heavy atom. The molecule has 0 aliphatic carbocycles. The third-order valence-corrected chi connectivity index (χ3v) is 2.24. The number of para-hydroxylation sites is 1. The lowest BCUT2D eigenvalue weighted by molar-refractivity contribution is 0.970. The van der Waals surface area contributed by atoms with Crippen LogP contribution < -0.4 is 16.4 Å². The van der Waals surface area contributed by atoms with Crippen molar-refractivity contribution in [3.05, 3.63) is 24.3 Å². The molecule has 6 nitrogen and oxygen atoms in total. The van der Waals surface area contributed by atoms with E-state index in [4.69, 9.17) is 11.5 Å². The molecule has 0 saturated carbocycles. The second-order valence-corrected chi connectivity index (χ2v) is 3.80. The molecule has 0 spiro atoms. The summed E-state index contributed by atoms with van der Waals surface area (Å²) in [5.41, 5.74) is 12.9. The first-order valence-corrected chi connectivity index (χ1v) is 5.11. The zero-order valence-electron chi connectivity index (χ0n) is 9.75. The van der Waals surface area contributed by atoms with Crippen LogP contribution in [0.5, 0.6) is 0 Å². The number of nitrogens with two attached hydrogens (primary N) is 2. The molecule has 0 aliphatic rings. The minimum Gasteiger partial charge on any atom is -0.398 e. The van der Waals surface area contributed by atoms with Crippen molar-refractivity contribution >= 4 is 17.6 Å². The molecule has 0 radical (unpaired) electrons. The molecule has 0 bridgehead atoms. The van der Waals surface area contributed by atoms with Crippen molar-refractivity contribution in [3.63, 3.8) is 0 Å². The molecular weight excluding hydrogens is 216 g/mol. The molecule has 0 unspecified atom stereocenters. The fourth-order valence-electron chi connectivity index (χ4n) is 1.40. The van der Waals surface area contributed by atoms with Crippen LogP contribution in [0, 0.1) is 0 Å². The van der Waals surface area contributed by atoms with Crippen molar-refractivity contribution in [3.8, 4) is 11.4 Å². The quantitative estimate of drug-likeness (QED) is 0.740. The van der Waals surface area contributed by atoms with Gasteiger partial charge in [0.15, 0.2) is 5.82 Å². The van der Waals surface area contributed by atoms with E-state index >= 15 is 0 Å². The van der Waals surface area contributed by atoms with E-state index in [1.54, 1.807) is 11.0 Å². The van der Waals surface area contributed by atoms with Gasteiger partial charge in [0.05, 0.1) is 0 Å². The molecule has 0 saturated heterocycles. The highest BCUT2D eigenvalue weighted by atomic mass is 15.3. The summed E-state index contributed by atoms with van der Waals surface area (Å²) in [6.07, 6.45) is 0. The molecule has 2 rings (SSSR count). The number of hydrogen-bond donors (Lipinski definition) is 2. The first kappa shape index (κ1) is 11.1. The summed E-state index contributed by atoms with van der Waals surface area (Å²) in [6.45, 7) is 0. The zero-order valence-corrected chi connectivity index (χ0v) is 9.75. The van der Waals surface area contributed by atoms with Gasteiger partial charge in [0, 0.05) is 25.3 Å². The van der Waals surface area contributed by atoms with Crippen LogP contribution in [0.4, 0.5) is 17.6 Å². The molecule has 17 heavy (non-hydrogen) atoms. The Balaban J connectivity index is 2.56. The van der Waals surface area contributed by atoms with Crippen LogP contribution in [0.25, 0.3) is 11.4 Å². The zero-order chi connectivity index (χ0) is 12.4. The van der Waals surface area contributed by atoms with Crippen molar-refractivity contribution in [2.45, 2.75) is 0 Å². The lowest BCUT2D eigenvalue weighted by Crippen LogP contribution is -2.15. The minimum atomic E-state index is 0.182. The maximum absolute atomic E-state index is 5.87. The van der Waals surface area contributed by atoms with Crippen molar-refractivity contribution in [2.24, 2.45) is 0 Å². The van der Waals surface area contributed by atoms with Gasteiger partial charge in [0.25, 0.3) is 0 Å². The third-order valence-electron chi connectivity index (χ3n) is 2.24. The van der Waals surface area contributed by atoms with Gasteiger partial charge in [-0.1, -0.05) is 12.1 Å². The second kappa shape index (κ2) is 4.25. The molecule has 88 valence electrons. The molecule has 0 fully saturated rings. The Morgan fingerprint density at radius 3 is 2.35 bits per heavy atom. The van der Waals surface area contributed by atoms with E-state index in [1.165, 1.54) is 0 Å². The molecule has 0 aliphatic heterocycles. The summed E-state index contributed by atoms with van der Waals surface area (Å²) in [5.74, 6) is 1.18. The standard InChI is InChI=1S/C11H14N6/c1-17(2)11-15-9(14-10(13)16-11)7-5-3-4-6-8(7)12/h3-6H,12H2,1-2H3,(H2,13,14,15,16). The van der Waals surface area contributed by atoms with Crippen molar-refractivity contribution < 1.29 is 0 Å². The molecule has 4 N–H and O–H groups in total. The van der Waals surface area contributed by atoms with Gasteiger partial charge in [0.2, 0.25) is 11.9 Å². The summed E-state index contributed by atoms with van der Waals surface area (Å²) < 4.78 is 0. The summed E-state index contributed by atoms with van der Waals surface area (Å²) in [5, 5.41) is 0. The van der Waals surface area contributed by atoms with Crippen LogP contribution in [-0.4, -0.2) is 29.0 Å². The molecule has 2 aromatic rings. The molecular formula is C11H14N6. The van der Waals surface area contributed by atoms with Crippen molar-refractivity contribution in [2.75, 3.05) is 30.5 Å². The Labute approximate surface area is 99.3 Å². The van der Waals surface area contributed by atoms with Crippen LogP contribution >= 0.6 is 0 Å². The van der Waals surface area contributed by atoms with E-state index in [2.05, 4.69) is 15.0 Å². The summed E-state index contributed by atoms with van der Waals surface area (Å²) in [7, 11) is 3.68. The summed E-state index contributed by atoms with van der Waals surface area (Å²) in [4.78, 5) is 14.2. The van der Waals surface area contributed by atoms with Gasteiger partial charge < -0.3 is 16.4 Å². The Bertz CT molecular complexity index is 537. The predicted octanol–water partition coefficient (Wildman–Crippen LogP) is 0.769. The smallest absolute Gasteiger partial charge is 0.230 e. The number of hydrogen-bond acceptors (Lipinski definition) is 6. The number of nitrogen functional groups attached to an aromatic ring is 2. The average Bonchev–Trinajstić information content (AvgIpc) is 2.28. The van der Waals surface area contributed by atoms with E-state index < -0.39 is 0 Å². The highest BCUT2D eigenvalue weighted by Crippen LogP contribution is 2.23. The number of nitrogens with zero attached hydrogens (tertiary/aromatic N) is 4. The molecule has 6 heteroatoms. The Morgan fingerprint density at radius 1 is 1.00 bits per heavy atom. The van der Waals surface area contributed by atoms with Gasteiger partial charge in [-0.05, 0) is 12.1 Å². The summed E-state index contributed by atoms with van der Waals surface area (Å²) >= 11 is 0. The number of anilines is 3. The lowest BCUT2D eigenvalue weighted by Gasteiger charge is -2.12. The average molecular weight is 230 g/mol. The lowest BCUT2D eigenvalue weighted by atomic mass is 10.2. The van der Waals surface area contributed by atoms with Crippen molar-refractivity contribution in [1.82, 2.24) is 15.0 Å². The maximum atomic E-state index is 5.87. The van der Waals surface area contributed by atoms with Gasteiger partial charge >= 0.3 is 0 Å². The van der Waals surface area contributed by atoms with E-state index in [1.807, 2.05) is 32.3 Å². The monoisotopic (exact) mass is 230 g/mol. The Kier molecular flexibility index (Phi) is 2.78. The fraction of sp³-hybridized carbons (Fsp3) is 0.182. The van der Waals surface area contributed by atoms with Crippen LogP contribution in [0.3, 0.4) is 0 Å². The van der Waals surface area contributed by atoms with Crippen LogP contribution in [0.1, 0.15) is 0 Å². The van der Waals surface area contributed by atoms with Gasteiger partial charge in [-0.15, -0.1) is 0 Å². The maximum Gasteiger partial charge on any atom is 0.230 e. The molecule has 0 amide bonds. The molecule has 0 atom stereocenters. The van der Waals surface area contributed by atoms with E-state index in [0.29, 0.717) is 17.5 Å². The molecule has 1 aromatic heterocycles. The Hall–Kier alpha value is -2.37. The van der Waals surface area contributed by atoms with E-state index in [9.17, 15) is 0 Å². The largest absolute Gasteiger partial charge is 0.398 e. The first-order valence-electron chi connectivity index (χ1n) is 5.11. The highest BCUT2D eigenvalue weighted by molar-refractivity contribution is 5.72. The topological polar surface area (TPSA) is 94.0 Å². The number of aromatic nitrogens is 3. The van der Waals surface area contributed by atoms with Gasteiger partial charge in [-0.2, -0.15) is 15.0 Å². The van der Waals surface area contributed by atoms with Crippen LogP contribution in [0.2, 0.25) is 0 Å². The first-order chi connectivity index (χ1) is 8.08. The van der Waals surface area contributed by atoms with Crippen molar-refractivity contribution in [1.29, 1.82) is 0 Å². The van der Waals surface area contributed by atoms with E-state index in [0.717, 1.165) is 5.56 Å².